The predicted molar refractivity (Wildman–Crippen MR) is 61.6 cm³/mol. The molecule has 0 bridgehead atoms. The summed E-state index contributed by atoms with van der Waals surface area (Å²) in [5.74, 6) is 0. The second-order valence-corrected chi connectivity index (χ2v) is 3.98. The Morgan fingerprint density at radius 3 is 2.50 bits per heavy atom. The summed E-state index contributed by atoms with van der Waals surface area (Å²) in [6, 6.07) is 12.2. The third kappa shape index (κ3) is 1.74. The molecule has 72 valence electrons. The van der Waals surface area contributed by atoms with Gasteiger partial charge in [0.2, 0.25) is 0 Å². The van der Waals surface area contributed by atoms with E-state index in [2.05, 4.69) is 18.2 Å². The van der Waals surface area contributed by atoms with Gasteiger partial charge in [0.15, 0.2) is 0 Å². The summed E-state index contributed by atoms with van der Waals surface area (Å²) < 4.78 is 0. The van der Waals surface area contributed by atoms with Crippen molar-refractivity contribution >= 4 is 22.4 Å². The Kier molecular flexibility index (Phi) is 2.44. The highest BCUT2D eigenvalue weighted by atomic mass is 35.5. The zero-order valence-electron chi connectivity index (χ0n) is 8.00. The van der Waals surface area contributed by atoms with Gasteiger partial charge in [-0.2, -0.15) is 0 Å². The Balaban J connectivity index is 2.63. The van der Waals surface area contributed by atoms with E-state index in [1.54, 1.807) is 0 Å². The Morgan fingerprint density at radius 2 is 1.79 bits per heavy atom. The molecule has 0 aliphatic carbocycles. The van der Waals surface area contributed by atoms with Crippen LogP contribution in [0.2, 0.25) is 5.02 Å². The maximum absolute atomic E-state index is 5.92. The minimum atomic E-state index is 0.0679. The first kappa shape index (κ1) is 9.50. The highest BCUT2D eigenvalue weighted by Crippen LogP contribution is 2.22. The molecule has 0 heterocycles. The molecule has 0 aliphatic heterocycles. The molecular formula is C12H12ClN. The van der Waals surface area contributed by atoms with Gasteiger partial charge in [-0.1, -0.05) is 29.8 Å². The fraction of sp³-hybridized carbons (Fsp3) is 0.167. The lowest BCUT2D eigenvalue weighted by Gasteiger charge is -2.06. The minimum Gasteiger partial charge on any atom is -0.324 e. The number of rotatable bonds is 1. The smallest absolute Gasteiger partial charge is 0.0412 e. The van der Waals surface area contributed by atoms with Crippen LogP contribution in [0.15, 0.2) is 36.4 Å². The molecular weight excluding hydrogens is 194 g/mol. The van der Waals surface area contributed by atoms with Crippen molar-refractivity contribution in [2.24, 2.45) is 5.73 Å². The molecule has 0 spiro atoms. The Morgan fingerprint density at radius 1 is 1.07 bits per heavy atom. The normalized spacial score (nSPS) is 13.1. The summed E-state index contributed by atoms with van der Waals surface area (Å²) in [4.78, 5) is 0. The van der Waals surface area contributed by atoms with Crippen LogP contribution in [0.3, 0.4) is 0 Å². The molecule has 0 amide bonds. The van der Waals surface area contributed by atoms with Gasteiger partial charge in [0.05, 0.1) is 0 Å². The molecule has 0 aliphatic rings. The molecule has 2 aromatic rings. The number of nitrogens with two attached hydrogens (primary N) is 1. The summed E-state index contributed by atoms with van der Waals surface area (Å²) in [6.45, 7) is 1.98. The van der Waals surface area contributed by atoms with Crippen molar-refractivity contribution in [2.75, 3.05) is 0 Å². The van der Waals surface area contributed by atoms with E-state index in [0.717, 1.165) is 16.0 Å². The standard InChI is InChI=1S/C12H12ClN/c1-8(14)10-3-2-9-4-5-12(13)7-11(9)6-10/h2-8H,14H2,1H3. The monoisotopic (exact) mass is 205 g/mol. The average molecular weight is 206 g/mol. The van der Waals surface area contributed by atoms with Gasteiger partial charge < -0.3 is 5.73 Å². The highest BCUT2D eigenvalue weighted by Gasteiger charge is 2.00. The molecule has 2 heteroatoms. The lowest BCUT2D eigenvalue weighted by atomic mass is 10.0. The molecule has 2 aromatic carbocycles. The van der Waals surface area contributed by atoms with Crippen LogP contribution in [0, 0.1) is 0 Å². The van der Waals surface area contributed by atoms with Crippen molar-refractivity contribution in [1.29, 1.82) is 0 Å². The maximum Gasteiger partial charge on any atom is 0.0412 e. The van der Waals surface area contributed by atoms with Crippen LogP contribution in [0.4, 0.5) is 0 Å². The van der Waals surface area contributed by atoms with Crippen LogP contribution in [-0.4, -0.2) is 0 Å². The van der Waals surface area contributed by atoms with Crippen LogP contribution in [0.25, 0.3) is 10.8 Å². The Hall–Kier alpha value is -1.05. The molecule has 0 aromatic heterocycles. The van der Waals surface area contributed by atoms with Gasteiger partial charge in [0.25, 0.3) is 0 Å². The van der Waals surface area contributed by atoms with Crippen molar-refractivity contribution in [1.82, 2.24) is 0 Å². The summed E-state index contributed by atoms with van der Waals surface area (Å²) in [5, 5.41) is 3.10. The van der Waals surface area contributed by atoms with E-state index in [9.17, 15) is 0 Å². The largest absolute Gasteiger partial charge is 0.324 e. The topological polar surface area (TPSA) is 26.0 Å². The molecule has 0 radical (unpaired) electrons. The molecule has 1 atom stereocenters. The molecule has 0 fully saturated rings. The van der Waals surface area contributed by atoms with Crippen LogP contribution in [-0.2, 0) is 0 Å². The van der Waals surface area contributed by atoms with E-state index in [-0.39, 0.29) is 6.04 Å². The summed E-state index contributed by atoms with van der Waals surface area (Å²) in [5.41, 5.74) is 6.95. The van der Waals surface area contributed by atoms with Crippen molar-refractivity contribution in [2.45, 2.75) is 13.0 Å². The molecule has 0 saturated carbocycles. The van der Waals surface area contributed by atoms with Gasteiger partial charge in [-0.15, -0.1) is 0 Å². The molecule has 14 heavy (non-hydrogen) atoms. The fourth-order valence-electron chi connectivity index (χ4n) is 1.52. The first-order valence-electron chi connectivity index (χ1n) is 4.61. The van der Waals surface area contributed by atoms with Gasteiger partial charge in [-0.05, 0) is 41.5 Å². The molecule has 1 nitrogen and oxygen atoms in total. The Bertz CT molecular complexity index is 463. The van der Waals surface area contributed by atoms with Crippen LogP contribution in [0.5, 0.6) is 0 Å². The molecule has 0 saturated heterocycles. The van der Waals surface area contributed by atoms with E-state index in [0.29, 0.717) is 0 Å². The van der Waals surface area contributed by atoms with Gasteiger partial charge >= 0.3 is 0 Å². The molecule has 2 rings (SSSR count). The minimum absolute atomic E-state index is 0.0679. The quantitative estimate of drug-likeness (QED) is 0.758. The summed E-state index contributed by atoms with van der Waals surface area (Å²) in [6.07, 6.45) is 0. The number of benzene rings is 2. The number of hydrogen-bond acceptors (Lipinski definition) is 1. The zero-order chi connectivity index (χ0) is 10.1. The van der Waals surface area contributed by atoms with E-state index in [4.69, 9.17) is 17.3 Å². The SMILES string of the molecule is CC(N)c1ccc2ccc(Cl)cc2c1. The van der Waals surface area contributed by atoms with Gasteiger partial charge in [0.1, 0.15) is 0 Å². The highest BCUT2D eigenvalue weighted by molar-refractivity contribution is 6.31. The summed E-state index contributed by atoms with van der Waals surface area (Å²) in [7, 11) is 0. The maximum atomic E-state index is 5.92. The average Bonchev–Trinajstić information content (AvgIpc) is 2.16. The first-order valence-corrected chi connectivity index (χ1v) is 4.99. The van der Waals surface area contributed by atoms with Gasteiger partial charge in [-0.3, -0.25) is 0 Å². The van der Waals surface area contributed by atoms with Crippen molar-refractivity contribution in [3.05, 3.63) is 47.0 Å². The second kappa shape index (κ2) is 3.60. The predicted octanol–water partition coefficient (Wildman–Crippen LogP) is 3.51. The first-order chi connectivity index (χ1) is 6.66. The lowest BCUT2D eigenvalue weighted by Crippen LogP contribution is -2.04. The van der Waals surface area contributed by atoms with Crippen molar-refractivity contribution in [3.63, 3.8) is 0 Å². The second-order valence-electron chi connectivity index (χ2n) is 3.54. The lowest BCUT2D eigenvalue weighted by molar-refractivity contribution is 0.820. The number of halogens is 1. The van der Waals surface area contributed by atoms with E-state index >= 15 is 0 Å². The summed E-state index contributed by atoms with van der Waals surface area (Å²) >= 11 is 5.92. The fourth-order valence-corrected chi connectivity index (χ4v) is 1.70. The van der Waals surface area contributed by atoms with E-state index < -0.39 is 0 Å². The molecule has 2 N–H and O–H groups in total. The Labute approximate surface area is 88.5 Å². The van der Waals surface area contributed by atoms with Crippen LogP contribution in [0.1, 0.15) is 18.5 Å². The van der Waals surface area contributed by atoms with E-state index in [1.807, 2.05) is 25.1 Å². The van der Waals surface area contributed by atoms with Crippen LogP contribution < -0.4 is 5.73 Å². The third-order valence-electron chi connectivity index (χ3n) is 2.35. The number of hydrogen-bond donors (Lipinski definition) is 1. The number of fused-ring (bicyclic) bond motifs is 1. The molecule has 1 unspecified atom stereocenters. The van der Waals surface area contributed by atoms with Crippen LogP contribution >= 0.6 is 11.6 Å². The van der Waals surface area contributed by atoms with E-state index in [1.165, 1.54) is 5.39 Å². The van der Waals surface area contributed by atoms with Gasteiger partial charge in [0, 0.05) is 11.1 Å². The van der Waals surface area contributed by atoms with Gasteiger partial charge in [-0.25, -0.2) is 0 Å². The third-order valence-corrected chi connectivity index (χ3v) is 2.59. The van der Waals surface area contributed by atoms with Crippen molar-refractivity contribution in [3.8, 4) is 0 Å². The zero-order valence-corrected chi connectivity index (χ0v) is 8.75. The van der Waals surface area contributed by atoms with Crippen molar-refractivity contribution < 1.29 is 0 Å².